The zero-order valence-electron chi connectivity index (χ0n) is 14.6. The molecule has 2 aliphatic heterocycles. The van der Waals surface area contributed by atoms with Gasteiger partial charge in [-0.15, -0.1) is 0 Å². The standard InChI is InChI=1S/C19H19N3O4S/c23-18(26-21-11-5-4-8-17(21)27)16-10-9-15-12-20(16)19(24)22(15)25-13-14-6-2-1-3-7-14/h1-8,11,15-16H,9-10,12-13H2/t15-,16+/m1/s1. The Morgan fingerprint density at radius 3 is 2.67 bits per heavy atom. The van der Waals surface area contributed by atoms with Crippen LogP contribution in [0.2, 0.25) is 0 Å². The van der Waals surface area contributed by atoms with Gasteiger partial charge in [-0.25, -0.2) is 9.59 Å². The predicted octanol–water partition coefficient (Wildman–Crippen LogP) is 2.57. The van der Waals surface area contributed by atoms with Crippen LogP contribution in [0.1, 0.15) is 18.4 Å². The number of carbonyl (C=O) groups is 2. The van der Waals surface area contributed by atoms with Crippen molar-refractivity contribution in [2.45, 2.75) is 31.5 Å². The van der Waals surface area contributed by atoms with Crippen LogP contribution in [0.4, 0.5) is 4.79 Å². The summed E-state index contributed by atoms with van der Waals surface area (Å²) in [6.45, 7) is 0.763. The van der Waals surface area contributed by atoms with Crippen LogP contribution < -0.4 is 4.84 Å². The summed E-state index contributed by atoms with van der Waals surface area (Å²) in [4.78, 5) is 38.0. The van der Waals surface area contributed by atoms with Crippen molar-refractivity contribution in [1.82, 2.24) is 14.7 Å². The average molecular weight is 385 g/mol. The number of rotatable bonds is 5. The number of piperidine rings is 1. The molecule has 140 valence electrons. The van der Waals surface area contributed by atoms with E-state index in [9.17, 15) is 9.59 Å². The summed E-state index contributed by atoms with van der Waals surface area (Å²) in [6, 6.07) is 13.8. The highest BCUT2D eigenvalue weighted by Gasteiger charge is 2.48. The molecule has 2 amide bonds. The van der Waals surface area contributed by atoms with Crippen LogP contribution in [0.3, 0.4) is 0 Å². The second-order valence-corrected chi connectivity index (χ2v) is 6.96. The number of fused-ring (bicyclic) bond motifs is 2. The van der Waals surface area contributed by atoms with Gasteiger partial charge in [0.1, 0.15) is 17.3 Å². The maximum atomic E-state index is 12.7. The lowest BCUT2D eigenvalue weighted by Gasteiger charge is -2.28. The van der Waals surface area contributed by atoms with Gasteiger partial charge in [0, 0.05) is 12.7 Å². The highest BCUT2D eigenvalue weighted by molar-refractivity contribution is 7.71. The fourth-order valence-electron chi connectivity index (χ4n) is 3.41. The van der Waals surface area contributed by atoms with Crippen molar-refractivity contribution >= 4 is 24.2 Å². The Morgan fingerprint density at radius 2 is 1.89 bits per heavy atom. The van der Waals surface area contributed by atoms with Gasteiger partial charge in [-0.2, -0.15) is 9.79 Å². The van der Waals surface area contributed by atoms with Gasteiger partial charge in [0.2, 0.25) is 0 Å². The highest BCUT2D eigenvalue weighted by atomic mass is 32.1. The number of hydrogen-bond acceptors (Lipinski definition) is 5. The van der Waals surface area contributed by atoms with E-state index in [1.54, 1.807) is 24.4 Å². The van der Waals surface area contributed by atoms with Gasteiger partial charge in [0.15, 0.2) is 0 Å². The average Bonchev–Trinajstić information content (AvgIpc) is 2.93. The molecule has 0 saturated carbocycles. The van der Waals surface area contributed by atoms with Gasteiger partial charge in [-0.3, -0.25) is 4.84 Å². The van der Waals surface area contributed by atoms with E-state index >= 15 is 0 Å². The van der Waals surface area contributed by atoms with E-state index in [2.05, 4.69) is 0 Å². The first kappa shape index (κ1) is 17.7. The quantitative estimate of drug-likeness (QED) is 0.741. The molecule has 2 atom stereocenters. The molecule has 0 unspecified atom stereocenters. The zero-order valence-corrected chi connectivity index (χ0v) is 15.4. The molecular weight excluding hydrogens is 366 g/mol. The summed E-state index contributed by atoms with van der Waals surface area (Å²) < 4.78 is 1.63. The third-order valence-corrected chi connectivity index (χ3v) is 5.10. The summed E-state index contributed by atoms with van der Waals surface area (Å²) in [5.74, 6) is -0.492. The molecule has 4 rings (SSSR count). The molecule has 2 aromatic rings. The van der Waals surface area contributed by atoms with Gasteiger partial charge in [-0.1, -0.05) is 48.6 Å². The summed E-state index contributed by atoms with van der Waals surface area (Å²) >= 11 is 5.14. The number of carbonyl (C=O) groups excluding carboxylic acids is 2. The van der Waals surface area contributed by atoms with Gasteiger partial charge in [0.25, 0.3) is 0 Å². The van der Waals surface area contributed by atoms with Crippen molar-refractivity contribution < 1.29 is 19.3 Å². The van der Waals surface area contributed by atoms with Crippen molar-refractivity contribution in [3.05, 3.63) is 64.9 Å². The lowest BCUT2D eigenvalue weighted by molar-refractivity contribution is -0.150. The van der Waals surface area contributed by atoms with E-state index in [1.807, 2.05) is 30.3 Å². The Kier molecular flexibility index (Phi) is 4.91. The highest BCUT2D eigenvalue weighted by Crippen LogP contribution is 2.30. The lowest BCUT2D eigenvalue weighted by atomic mass is 10.0. The third-order valence-electron chi connectivity index (χ3n) is 4.78. The lowest BCUT2D eigenvalue weighted by Crippen LogP contribution is -2.48. The van der Waals surface area contributed by atoms with Gasteiger partial charge in [-0.05, 0) is 30.5 Å². The molecule has 1 aromatic carbocycles. The minimum absolute atomic E-state index is 0.0517. The minimum Gasteiger partial charge on any atom is -0.333 e. The van der Waals surface area contributed by atoms with E-state index in [0.717, 1.165) is 5.56 Å². The summed E-state index contributed by atoms with van der Waals surface area (Å²) in [6.07, 6.45) is 2.78. The maximum Gasteiger partial charge on any atom is 0.355 e. The number of hydroxylamine groups is 2. The van der Waals surface area contributed by atoms with Gasteiger partial charge < -0.3 is 9.74 Å². The number of hydrogen-bond donors (Lipinski definition) is 0. The number of urea groups is 1. The first-order valence-electron chi connectivity index (χ1n) is 8.80. The van der Waals surface area contributed by atoms with Crippen molar-refractivity contribution in [3.8, 4) is 0 Å². The van der Waals surface area contributed by atoms with Crippen molar-refractivity contribution in [2.75, 3.05) is 6.54 Å². The Morgan fingerprint density at radius 1 is 1.11 bits per heavy atom. The SMILES string of the molecule is O=C(On1ccccc1=S)[C@@H]1CC[C@@H]2CN1C(=O)N2OCc1ccccc1. The molecule has 0 spiro atoms. The van der Waals surface area contributed by atoms with Gasteiger partial charge >= 0.3 is 12.0 Å². The molecule has 0 aliphatic carbocycles. The van der Waals surface area contributed by atoms with Crippen molar-refractivity contribution in [2.24, 2.45) is 0 Å². The van der Waals surface area contributed by atoms with Crippen LogP contribution in [0.15, 0.2) is 54.7 Å². The number of aromatic nitrogens is 1. The second-order valence-electron chi connectivity index (χ2n) is 6.54. The zero-order chi connectivity index (χ0) is 18.8. The van der Waals surface area contributed by atoms with Crippen molar-refractivity contribution in [3.63, 3.8) is 0 Å². The van der Waals surface area contributed by atoms with Crippen LogP contribution in [0.5, 0.6) is 0 Å². The largest absolute Gasteiger partial charge is 0.355 e. The van der Waals surface area contributed by atoms with E-state index in [1.165, 1.54) is 14.7 Å². The smallest absolute Gasteiger partial charge is 0.333 e. The maximum absolute atomic E-state index is 12.7. The molecule has 2 aliphatic rings. The predicted molar refractivity (Wildman–Crippen MR) is 98.8 cm³/mol. The third kappa shape index (κ3) is 3.58. The fraction of sp³-hybridized carbons (Fsp3) is 0.316. The number of pyridine rings is 1. The molecule has 7 nitrogen and oxygen atoms in total. The fourth-order valence-corrected chi connectivity index (χ4v) is 3.58. The minimum atomic E-state index is -0.638. The van der Waals surface area contributed by atoms with Crippen LogP contribution in [-0.4, -0.2) is 45.3 Å². The molecule has 0 N–H and O–H groups in total. The van der Waals surface area contributed by atoms with Crippen LogP contribution >= 0.6 is 12.2 Å². The topological polar surface area (TPSA) is 64.0 Å². The molecule has 2 saturated heterocycles. The van der Waals surface area contributed by atoms with E-state index < -0.39 is 12.0 Å². The number of nitrogens with zero attached hydrogens (tertiary/aromatic N) is 3. The molecule has 1 aromatic heterocycles. The summed E-state index contributed by atoms with van der Waals surface area (Å²) in [7, 11) is 0. The van der Waals surface area contributed by atoms with E-state index in [4.69, 9.17) is 21.9 Å². The number of benzene rings is 1. The molecular formula is C19H19N3O4S. The summed E-state index contributed by atoms with van der Waals surface area (Å²) in [5, 5.41) is 1.40. The van der Waals surface area contributed by atoms with Gasteiger partial charge in [0.05, 0.1) is 6.04 Å². The van der Waals surface area contributed by atoms with E-state index in [-0.39, 0.29) is 12.1 Å². The second kappa shape index (κ2) is 7.50. The molecule has 27 heavy (non-hydrogen) atoms. The van der Waals surface area contributed by atoms with Crippen LogP contribution in [0, 0.1) is 4.64 Å². The Balaban J connectivity index is 1.42. The normalized spacial score (nSPS) is 21.4. The molecule has 2 fully saturated rings. The molecule has 3 heterocycles. The molecule has 2 bridgehead atoms. The Labute approximate surface area is 161 Å². The van der Waals surface area contributed by atoms with E-state index in [0.29, 0.717) is 30.6 Å². The van der Waals surface area contributed by atoms with Crippen molar-refractivity contribution in [1.29, 1.82) is 0 Å². The first-order valence-corrected chi connectivity index (χ1v) is 9.21. The monoisotopic (exact) mass is 385 g/mol. The Bertz CT molecular complexity index is 901. The molecule has 0 radical (unpaired) electrons. The summed E-state index contributed by atoms with van der Waals surface area (Å²) in [5.41, 5.74) is 0.983. The van der Waals surface area contributed by atoms with Crippen LogP contribution in [0.25, 0.3) is 0 Å². The number of amides is 2. The Hall–Kier alpha value is -2.71. The van der Waals surface area contributed by atoms with Crippen LogP contribution in [-0.2, 0) is 16.2 Å². The molecule has 8 heteroatoms. The first-order chi connectivity index (χ1) is 13.1.